The fourth-order valence-electron chi connectivity index (χ4n) is 3.53. The Bertz CT molecular complexity index is 517. The maximum absolute atomic E-state index is 12.2. The Hall–Kier alpha value is -1.26. The number of carbonyl (C=O) groups is 1. The van der Waals surface area contributed by atoms with Crippen LogP contribution in [0.2, 0.25) is 0 Å². The van der Waals surface area contributed by atoms with Gasteiger partial charge in [-0.25, -0.2) is 0 Å². The molecule has 0 spiro atoms. The molecule has 2 unspecified atom stereocenters. The first kappa shape index (κ1) is 18.1. The molecule has 2 aliphatic carbocycles. The van der Waals surface area contributed by atoms with Gasteiger partial charge in [-0.1, -0.05) is 18.2 Å². The van der Waals surface area contributed by atoms with Gasteiger partial charge in [-0.05, 0) is 51.0 Å². The number of halogens is 1. The van der Waals surface area contributed by atoms with Gasteiger partial charge in [0.15, 0.2) is 0 Å². The van der Waals surface area contributed by atoms with Gasteiger partial charge in [0.25, 0.3) is 0 Å². The zero-order valence-electron chi connectivity index (χ0n) is 13.5. The number of benzene rings is 1. The molecule has 23 heavy (non-hydrogen) atoms. The number of para-hydroxylation sites is 1. The lowest BCUT2D eigenvalue weighted by molar-refractivity contribution is -0.125. The third-order valence-electron chi connectivity index (χ3n) is 4.87. The molecule has 1 aromatic carbocycles. The minimum atomic E-state index is 0. The molecule has 1 aromatic rings. The summed E-state index contributed by atoms with van der Waals surface area (Å²) < 4.78 is 6.11. The molecule has 0 saturated heterocycles. The third kappa shape index (κ3) is 4.85. The molecule has 2 aliphatic rings. The predicted molar refractivity (Wildman–Crippen MR) is 93.7 cm³/mol. The first-order valence-corrected chi connectivity index (χ1v) is 8.50. The van der Waals surface area contributed by atoms with Crippen LogP contribution >= 0.6 is 12.4 Å². The summed E-state index contributed by atoms with van der Waals surface area (Å²) in [6, 6.07) is 8.21. The van der Waals surface area contributed by atoms with Crippen LogP contribution in [-0.4, -0.2) is 18.1 Å². The van der Waals surface area contributed by atoms with E-state index in [1.165, 1.54) is 12.8 Å². The van der Waals surface area contributed by atoms with Crippen LogP contribution < -0.4 is 15.8 Å². The minimum Gasteiger partial charge on any atom is -0.490 e. The second-order valence-corrected chi connectivity index (χ2v) is 6.62. The van der Waals surface area contributed by atoms with Crippen molar-refractivity contribution in [1.29, 1.82) is 0 Å². The topological polar surface area (TPSA) is 64.4 Å². The first-order valence-electron chi connectivity index (χ1n) is 8.50. The minimum absolute atomic E-state index is 0. The maximum atomic E-state index is 12.2. The molecule has 2 atom stereocenters. The molecule has 3 rings (SSSR count). The number of nitrogens with two attached hydrogens (primary N) is 1. The van der Waals surface area contributed by atoms with Crippen molar-refractivity contribution in [3.05, 3.63) is 29.8 Å². The van der Waals surface area contributed by atoms with Gasteiger partial charge >= 0.3 is 0 Å². The second kappa shape index (κ2) is 8.55. The summed E-state index contributed by atoms with van der Waals surface area (Å²) in [5.41, 5.74) is 6.95. The summed E-state index contributed by atoms with van der Waals surface area (Å²) in [4.78, 5) is 12.2. The Labute approximate surface area is 144 Å². The van der Waals surface area contributed by atoms with Crippen molar-refractivity contribution < 1.29 is 9.53 Å². The Morgan fingerprint density at radius 2 is 1.91 bits per heavy atom. The van der Waals surface area contributed by atoms with Crippen LogP contribution in [0.3, 0.4) is 0 Å². The maximum Gasteiger partial charge on any atom is 0.223 e. The van der Waals surface area contributed by atoms with E-state index in [2.05, 4.69) is 5.32 Å². The highest BCUT2D eigenvalue weighted by Crippen LogP contribution is 2.27. The number of rotatable bonds is 5. The first-order chi connectivity index (χ1) is 10.7. The molecule has 0 aliphatic heterocycles. The second-order valence-electron chi connectivity index (χ2n) is 6.62. The van der Waals surface area contributed by atoms with Crippen molar-refractivity contribution in [3.63, 3.8) is 0 Å². The van der Waals surface area contributed by atoms with Crippen LogP contribution in [-0.2, 0) is 11.3 Å². The SMILES string of the molecule is Cl.NC1CCC(C(=O)NCc2ccccc2OC2CCCC2)C1. The summed E-state index contributed by atoms with van der Waals surface area (Å²) >= 11 is 0. The molecular formula is C18H27ClN2O2. The van der Waals surface area contributed by atoms with Crippen LogP contribution in [0.15, 0.2) is 24.3 Å². The van der Waals surface area contributed by atoms with Gasteiger partial charge in [-0.3, -0.25) is 4.79 Å². The molecule has 2 saturated carbocycles. The van der Waals surface area contributed by atoms with E-state index in [1.807, 2.05) is 24.3 Å². The summed E-state index contributed by atoms with van der Waals surface area (Å²) in [5, 5.41) is 3.05. The van der Waals surface area contributed by atoms with E-state index in [4.69, 9.17) is 10.5 Å². The average molecular weight is 339 g/mol. The van der Waals surface area contributed by atoms with Crippen molar-refractivity contribution in [2.45, 2.75) is 63.6 Å². The Kier molecular flexibility index (Phi) is 6.72. The Balaban J connectivity index is 0.00000192. The van der Waals surface area contributed by atoms with Gasteiger partial charge in [-0.15, -0.1) is 12.4 Å². The van der Waals surface area contributed by atoms with Crippen LogP contribution in [0.25, 0.3) is 0 Å². The number of hydrogen-bond donors (Lipinski definition) is 2. The number of ether oxygens (including phenoxy) is 1. The molecule has 4 nitrogen and oxygen atoms in total. The summed E-state index contributed by atoms with van der Waals surface area (Å²) in [5.74, 6) is 1.12. The van der Waals surface area contributed by atoms with Gasteiger partial charge in [0.1, 0.15) is 5.75 Å². The molecule has 1 amide bonds. The van der Waals surface area contributed by atoms with Gasteiger partial charge in [0, 0.05) is 24.1 Å². The van der Waals surface area contributed by atoms with E-state index in [0.717, 1.165) is 43.4 Å². The molecule has 5 heteroatoms. The third-order valence-corrected chi connectivity index (χ3v) is 4.87. The van der Waals surface area contributed by atoms with Gasteiger partial charge in [-0.2, -0.15) is 0 Å². The van der Waals surface area contributed by atoms with Crippen LogP contribution in [0.1, 0.15) is 50.5 Å². The normalized spacial score (nSPS) is 24.2. The van der Waals surface area contributed by atoms with E-state index < -0.39 is 0 Å². The number of carbonyl (C=O) groups excluding carboxylic acids is 1. The van der Waals surface area contributed by atoms with Crippen molar-refractivity contribution in [3.8, 4) is 5.75 Å². The van der Waals surface area contributed by atoms with Crippen LogP contribution in [0, 0.1) is 5.92 Å². The monoisotopic (exact) mass is 338 g/mol. The van der Waals surface area contributed by atoms with Crippen LogP contribution in [0.5, 0.6) is 5.75 Å². The zero-order valence-corrected chi connectivity index (χ0v) is 14.3. The molecule has 3 N–H and O–H groups in total. The summed E-state index contributed by atoms with van der Waals surface area (Å²) in [6.07, 6.45) is 7.81. The van der Waals surface area contributed by atoms with Crippen molar-refractivity contribution >= 4 is 18.3 Å². The highest BCUT2D eigenvalue weighted by Gasteiger charge is 2.27. The number of nitrogens with one attached hydrogen (secondary N) is 1. The lowest BCUT2D eigenvalue weighted by atomic mass is 10.1. The molecule has 0 bridgehead atoms. The van der Waals surface area contributed by atoms with E-state index >= 15 is 0 Å². The standard InChI is InChI=1S/C18H26N2O2.ClH/c19-15-10-9-13(11-15)18(21)20-12-14-5-1-4-8-17(14)22-16-6-2-3-7-16;/h1,4-5,8,13,15-16H,2-3,6-7,9-12,19H2,(H,20,21);1H. The summed E-state index contributed by atoms with van der Waals surface area (Å²) in [7, 11) is 0. The van der Waals surface area contributed by atoms with Crippen molar-refractivity contribution in [2.75, 3.05) is 0 Å². The summed E-state index contributed by atoms with van der Waals surface area (Å²) in [6.45, 7) is 0.535. The van der Waals surface area contributed by atoms with E-state index in [1.54, 1.807) is 0 Å². The highest BCUT2D eigenvalue weighted by molar-refractivity contribution is 5.85. The average Bonchev–Trinajstić information content (AvgIpc) is 3.18. The molecule has 0 aromatic heterocycles. The predicted octanol–water partition coefficient (Wildman–Crippen LogP) is 3.17. The number of amides is 1. The molecule has 128 valence electrons. The van der Waals surface area contributed by atoms with E-state index in [-0.39, 0.29) is 30.3 Å². The highest BCUT2D eigenvalue weighted by atomic mass is 35.5. The molecular weight excluding hydrogens is 312 g/mol. The van der Waals surface area contributed by atoms with E-state index in [0.29, 0.717) is 12.6 Å². The zero-order chi connectivity index (χ0) is 15.4. The van der Waals surface area contributed by atoms with Crippen molar-refractivity contribution in [1.82, 2.24) is 5.32 Å². The Morgan fingerprint density at radius 1 is 1.17 bits per heavy atom. The fraction of sp³-hybridized carbons (Fsp3) is 0.611. The fourth-order valence-corrected chi connectivity index (χ4v) is 3.53. The van der Waals surface area contributed by atoms with Crippen molar-refractivity contribution in [2.24, 2.45) is 11.7 Å². The van der Waals surface area contributed by atoms with Crippen LogP contribution in [0.4, 0.5) is 0 Å². The molecule has 0 heterocycles. The Morgan fingerprint density at radius 3 is 2.61 bits per heavy atom. The quantitative estimate of drug-likeness (QED) is 0.866. The van der Waals surface area contributed by atoms with Gasteiger partial charge in [0.2, 0.25) is 5.91 Å². The lowest BCUT2D eigenvalue weighted by Crippen LogP contribution is -2.30. The van der Waals surface area contributed by atoms with E-state index in [9.17, 15) is 4.79 Å². The lowest BCUT2D eigenvalue weighted by Gasteiger charge is -2.17. The van der Waals surface area contributed by atoms with Gasteiger partial charge in [0.05, 0.1) is 6.10 Å². The largest absolute Gasteiger partial charge is 0.490 e. The molecule has 0 radical (unpaired) electrons. The molecule has 2 fully saturated rings. The van der Waals surface area contributed by atoms with Gasteiger partial charge < -0.3 is 15.8 Å². The smallest absolute Gasteiger partial charge is 0.223 e. The number of hydrogen-bond acceptors (Lipinski definition) is 3.